The Morgan fingerprint density at radius 1 is 1.44 bits per heavy atom. The molecule has 2 atom stereocenters. The number of carbonyl (C=O) groups excluding carboxylic acids is 1. The van der Waals surface area contributed by atoms with Crippen LogP contribution in [0.15, 0.2) is 22.7 Å². The monoisotopic (exact) mass is 313 g/mol. The molecule has 0 saturated heterocycles. The first kappa shape index (κ1) is 12.9. The first-order valence-corrected chi connectivity index (χ1v) is 6.19. The predicted octanol–water partition coefficient (Wildman–Crippen LogP) is 2.12. The second-order valence-electron chi connectivity index (χ2n) is 4.13. The minimum absolute atomic E-state index is 0.258. The molecule has 1 aliphatic carbocycles. The van der Waals surface area contributed by atoms with Crippen LogP contribution in [-0.4, -0.2) is 24.1 Å². The number of hydrogen-bond acceptors (Lipinski definition) is 3. The van der Waals surface area contributed by atoms with Gasteiger partial charge in [-0.15, -0.1) is 0 Å². The Balaban J connectivity index is 2.02. The van der Waals surface area contributed by atoms with E-state index in [9.17, 15) is 9.59 Å². The van der Waals surface area contributed by atoms with Crippen LogP contribution in [0.1, 0.15) is 6.42 Å². The normalized spacial score (nSPS) is 21.2. The van der Waals surface area contributed by atoms with E-state index in [1.807, 2.05) is 0 Å². The molecule has 1 fully saturated rings. The maximum absolute atomic E-state index is 11.7. The molecule has 1 saturated carbocycles. The number of rotatable bonds is 4. The van der Waals surface area contributed by atoms with E-state index in [1.165, 1.54) is 7.11 Å². The lowest BCUT2D eigenvalue weighted by molar-refractivity contribution is -0.139. The lowest BCUT2D eigenvalue weighted by Gasteiger charge is -2.08. The van der Waals surface area contributed by atoms with Crippen LogP contribution in [-0.2, 0) is 9.59 Å². The van der Waals surface area contributed by atoms with Crippen molar-refractivity contribution in [2.75, 3.05) is 12.4 Å². The number of anilines is 1. The van der Waals surface area contributed by atoms with Crippen molar-refractivity contribution < 1.29 is 19.4 Å². The van der Waals surface area contributed by atoms with Gasteiger partial charge in [-0.2, -0.15) is 0 Å². The SMILES string of the molecule is COc1cc(NC(=O)C2CC2C(=O)O)ccc1Br. The highest BCUT2D eigenvalue weighted by Crippen LogP contribution is 2.39. The Morgan fingerprint density at radius 3 is 2.72 bits per heavy atom. The maximum atomic E-state index is 11.7. The number of ether oxygens (including phenoxy) is 1. The van der Waals surface area contributed by atoms with Crippen molar-refractivity contribution in [2.24, 2.45) is 11.8 Å². The van der Waals surface area contributed by atoms with Crippen LogP contribution in [0.25, 0.3) is 0 Å². The molecule has 0 heterocycles. The molecule has 1 amide bonds. The largest absolute Gasteiger partial charge is 0.495 e. The van der Waals surface area contributed by atoms with Gasteiger partial charge in [0.2, 0.25) is 5.91 Å². The van der Waals surface area contributed by atoms with E-state index in [2.05, 4.69) is 21.2 Å². The molecule has 2 N–H and O–H groups in total. The van der Waals surface area contributed by atoms with E-state index in [1.54, 1.807) is 18.2 Å². The Hall–Kier alpha value is -1.56. The molecule has 6 heteroatoms. The average molecular weight is 314 g/mol. The van der Waals surface area contributed by atoms with Gasteiger partial charge in [0.25, 0.3) is 0 Å². The van der Waals surface area contributed by atoms with Crippen LogP contribution in [0.4, 0.5) is 5.69 Å². The Kier molecular flexibility index (Phi) is 3.56. The van der Waals surface area contributed by atoms with Crippen molar-refractivity contribution in [3.05, 3.63) is 22.7 Å². The summed E-state index contributed by atoms with van der Waals surface area (Å²) in [6, 6.07) is 5.17. The highest BCUT2D eigenvalue weighted by molar-refractivity contribution is 9.10. The van der Waals surface area contributed by atoms with Gasteiger partial charge >= 0.3 is 5.97 Å². The summed E-state index contributed by atoms with van der Waals surface area (Å²) in [5, 5.41) is 11.4. The predicted molar refractivity (Wildman–Crippen MR) is 68.6 cm³/mol. The third-order valence-electron chi connectivity index (χ3n) is 2.86. The Bertz CT molecular complexity index is 503. The second-order valence-corrected chi connectivity index (χ2v) is 4.98. The molecule has 2 unspecified atom stereocenters. The number of amides is 1. The smallest absolute Gasteiger partial charge is 0.307 e. The van der Waals surface area contributed by atoms with Gasteiger partial charge in [0.05, 0.1) is 23.4 Å². The average Bonchev–Trinajstić information content (AvgIpc) is 3.11. The molecule has 1 aliphatic rings. The first-order valence-electron chi connectivity index (χ1n) is 5.40. The van der Waals surface area contributed by atoms with Crippen molar-refractivity contribution in [3.8, 4) is 5.75 Å². The number of benzene rings is 1. The molecule has 96 valence electrons. The molecular weight excluding hydrogens is 302 g/mol. The molecule has 0 bridgehead atoms. The zero-order chi connectivity index (χ0) is 13.3. The minimum Gasteiger partial charge on any atom is -0.495 e. The van der Waals surface area contributed by atoms with Crippen molar-refractivity contribution in [3.63, 3.8) is 0 Å². The summed E-state index contributed by atoms with van der Waals surface area (Å²) >= 11 is 3.31. The summed E-state index contributed by atoms with van der Waals surface area (Å²) in [5.74, 6) is -1.52. The Morgan fingerprint density at radius 2 is 2.17 bits per heavy atom. The first-order chi connectivity index (χ1) is 8.52. The summed E-state index contributed by atoms with van der Waals surface area (Å²) in [6.45, 7) is 0. The fraction of sp³-hybridized carbons (Fsp3) is 0.333. The molecule has 1 aromatic rings. The molecule has 0 aliphatic heterocycles. The molecule has 0 aromatic heterocycles. The number of methoxy groups -OCH3 is 1. The van der Waals surface area contributed by atoms with Gasteiger partial charge < -0.3 is 15.2 Å². The van der Waals surface area contributed by atoms with Gasteiger partial charge in [-0.1, -0.05) is 0 Å². The van der Waals surface area contributed by atoms with E-state index in [0.29, 0.717) is 17.9 Å². The van der Waals surface area contributed by atoms with Crippen molar-refractivity contribution in [1.82, 2.24) is 0 Å². The van der Waals surface area contributed by atoms with E-state index < -0.39 is 17.8 Å². The van der Waals surface area contributed by atoms with Crippen molar-refractivity contribution in [1.29, 1.82) is 0 Å². The van der Waals surface area contributed by atoms with E-state index in [0.717, 1.165) is 4.47 Å². The molecule has 18 heavy (non-hydrogen) atoms. The van der Waals surface area contributed by atoms with Gasteiger partial charge in [-0.05, 0) is 34.5 Å². The molecule has 0 radical (unpaired) electrons. The van der Waals surface area contributed by atoms with Gasteiger partial charge in [0.1, 0.15) is 5.75 Å². The van der Waals surface area contributed by atoms with Crippen LogP contribution in [0.3, 0.4) is 0 Å². The fourth-order valence-electron chi connectivity index (χ4n) is 1.73. The summed E-state index contributed by atoms with van der Waals surface area (Å²) in [6.07, 6.45) is 0.412. The van der Waals surface area contributed by atoms with E-state index >= 15 is 0 Å². The van der Waals surface area contributed by atoms with E-state index in [4.69, 9.17) is 9.84 Å². The lowest BCUT2D eigenvalue weighted by Crippen LogP contribution is -2.16. The molecule has 0 spiro atoms. The summed E-state index contributed by atoms with van der Waals surface area (Å²) in [7, 11) is 1.53. The van der Waals surface area contributed by atoms with Crippen molar-refractivity contribution in [2.45, 2.75) is 6.42 Å². The highest BCUT2D eigenvalue weighted by Gasteiger charge is 2.48. The minimum atomic E-state index is -0.913. The molecule has 5 nitrogen and oxygen atoms in total. The molecular formula is C12H12BrNO4. The Labute approximate surface area is 112 Å². The third-order valence-corrected chi connectivity index (χ3v) is 3.52. The van der Waals surface area contributed by atoms with Crippen LogP contribution >= 0.6 is 15.9 Å². The number of carboxylic acids is 1. The zero-order valence-corrected chi connectivity index (χ0v) is 11.2. The number of carbonyl (C=O) groups is 2. The number of nitrogens with one attached hydrogen (secondary N) is 1. The van der Waals surface area contributed by atoms with E-state index in [-0.39, 0.29) is 5.91 Å². The topological polar surface area (TPSA) is 75.6 Å². The standard InChI is InChI=1S/C12H12BrNO4/c1-18-10-4-6(2-3-9(10)13)14-11(15)7-5-8(7)12(16)17/h2-4,7-8H,5H2,1H3,(H,14,15)(H,16,17). The molecule has 2 rings (SSSR count). The highest BCUT2D eigenvalue weighted by atomic mass is 79.9. The van der Waals surface area contributed by atoms with Crippen LogP contribution < -0.4 is 10.1 Å². The summed E-state index contributed by atoms with van der Waals surface area (Å²) < 4.78 is 5.90. The lowest BCUT2D eigenvalue weighted by atomic mass is 10.2. The quantitative estimate of drug-likeness (QED) is 0.892. The second kappa shape index (κ2) is 4.97. The van der Waals surface area contributed by atoms with Gasteiger partial charge in [-0.3, -0.25) is 9.59 Å². The number of carboxylic acid groups (broad SMARTS) is 1. The number of aliphatic carboxylic acids is 1. The third kappa shape index (κ3) is 2.64. The van der Waals surface area contributed by atoms with Gasteiger partial charge in [0, 0.05) is 11.8 Å². The van der Waals surface area contributed by atoms with Gasteiger partial charge in [-0.25, -0.2) is 0 Å². The summed E-state index contributed by atoms with van der Waals surface area (Å²) in [4.78, 5) is 22.4. The van der Waals surface area contributed by atoms with Crippen molar-refractivity contribution >= 4 is 33.5 Å². The maximum Gasteiger partial charge on any atom is 0.307 e. The summed E-state index contributed by atoms with van der Waals surface area (Å²) in [5.41, 5.74) is 0.594. The zero-order valence-electron chi connectivity index (χ0n) is 9.64. The van der Waals surface area contributed by atoms with Gasteiger partial charge in [0.15, 0.2) is 0 Å². The van der Waals surface area contributed by atoms with Crippen LogP contribution in [0, 0.1) is 11.8 Å². The van der Waals surface area contributed by atoms with Crippen LogP contribution in [0.5, 0.6) is 5.75 Å². The van der Waals surface area contributed by atoms with Crippen LogP contribution in [0.2, 0.25) is 0 Å². The number of hydrogen-bond donors (Lipinski definition) is 2. The molecule has 1 aromatic carbocycles. The number of halogens is 1. The fourth-order valence-corrected chi connectivity index (χ4v) is 2.14.